The van der Waals surface area contributed by atoms with E-state index in [4.69, 9.17) is 0 Å². The maximum atomic E-state index is 11.6. The molecule has 4 heteroatoms. The molecule has 1 N–H and O–H groups in total. The van der Waals surface area contributed by atoms with Crippen molar-refractivity contribution in [1.29, 1.82) is 0 Å². The van der Waals surface area contributed by atoms with Crippen LogP contribution in [0.15, 0.2) is 79.0 Å². The van der Waals surface area contributed by atoms with E-state index in [2.05, 4.69) is 46.3 Å². The van der Waals surface area contributed by atoms with Gasteiger partial charge in [0, 0.05) is 12.7 Å². The fourth-order valence-electron chi connectivity index (χ4n) is 4.04. The fourth-order valence-corrected chi connectivity index (χ4v) is 4.04. The number of likely N-dealkylation sites (tertiary alicyclic amines) is 1. The van der Waals surface area contributed by atoms with Crippen LogP contribution in [-0.4, -0.2) is 34.0 Å². The number of pyridine rings is 1. The lowest BCUT2D eigenvalue weighted by molar-refractivity contribution is -0.143. The van der Waals surface area contributed by atoms with Crippen LogP contribution in [0.3, 0.4) is 0 Å². The number of aromatic nitrogens is 1. The molecule has 1 aromatic heterocycles. The highest BCUT2D eigenvalue weighted by Crippen LogP contribution is 2.32. The summed E-state index contributed by atoms with van der Waals surface area (Å²) in [4.78, 5) is 18.4. The van der Waals surface area contributed by atoms with Crippen molar-refractivity contribution in [1.82, 2.24) is 9.88 Å². The van der Waals surface area contributed by atoms with Crippen LogP contribution in [0.5, 0.6) is 0 Å². The number of hydrogen-bond acceptors (Lipinski definition) is 3. The number of nitrogens with zero attached hydrogens (tertiary/aromatic N) is 2. The average molecular weight is 372 g/mol. The summed E-state index contributed by atoms with van der Waals surface area (Å²) in [6, 6.07) is 24.8. The minimum absolute atomic E-state index is 0.0341. The molecule has 2 heterocycles. The molecule has 2 atom stereocenters. The third-order valence-corrected chi connectivity index (χ3v) is 5.47. The van der Waals surface area contributed by atoms with Crippen LogP contribution in [-0.2, 0) is 4.79 Å². The molecule has 0 aliphatic carbocycles. The molecule has 0 bridgehead atoms. The second kappa shape index (κ2) is 8.36. The number of carbonyl (C=O) groups is 1. The van der Waals surface area contributed by atoms with E-state index in [9.17, 15) is 9.90 Å². The van der Waals surface area contributed by atoms with E-state index in [1.807, 2.05) is 36.4 Å². The molecule has 2 unspecified atom stereocenters. The lowest BCUT2D eigenvalue weighted by Gasteiger charge is -2.37. The monoisotopic (exact) mass is 372 g/mol. The highest BCUT2D eigenvalue weighted by atomic mass is 16.4. The number of hydrogen-bond donors (Lipinski definition) is 1. The zero-order valence-corrected chi connectivity index (χ0v) is 15.7. The van der Waals surface area contributed by atoms with Crippen molar-refractivity contribution in [3.8, 4) is 11.1 Å². The van der Waals surface area contributed by atoms with Crippen molar-refractivity contribution < 1.29 is 9.90 Å². The van der Waals surface area contributed by atoms with E-state index in [0.29, 0.717) is 6.54 Å². The first-order valence-electron chi connectivity index (χ1n) is 9.75. The van der Waals surface area contributed by atoms with Gasteiger partial charge in [0.1, 0.15) is 0 Å². The van der Waals surface area contributed by atoms with Gasteiger partial charge in [-0.15, -0.1) is 0 Å². The maximum absolute atomic E-state index is 11.6. The summed E-state index contributed by atoms with van der Waals surface area (Å²) >= 11 is 0. The van der Waals surface area contributed by atoms with Crippen LogP contribution in [0.2, 0.25) is 0 Å². The SMILES string of the molecule is O=C(O)C1CCCN(C(c2ccc(-c3ccccc3)cc2)c2ccccn2)C1. The molecule has 4 rings (SSSR count). The lowest BCUT2D eigenvalue weighted by atomic mass is 9.92. The Morgan fingerprint density at radius 1 is 0.964 bits per heavy atom. The predicted molar refractivity (Wildman–Crippen MR) is 110 cm³/mol. The Labute approximate surface area is 165 Å². The molecular formula is C24H24N2O2. The van der Waals surface area contributed by atoms with Crippen LogP contribution in [0.4, 0.5) is 0 Å². The largest absolute Gasteiger partial charge is 0.481 e. The Kier molecular flexibility index (Phi) is 5.49. The van der Waals surface area contributed by atoms with Gasteiger partial charge >= 0.3 is 5.97 Å². The first-order chi connectivity index (χ1) is 13.7. The van der Waals surface area contributed by atoms with E-state index in [1.54, 1.807) is 6.20 Å². The predicted octanol–water partition coefficient (Wildman–Crippen LogP) is 4.63. The van der Waals surface area contributed by atoms with E-state index in [1.165, 1.54) is 11.1 Å². The highest BCUT2D eigenvalue weighted by Gasteiger charge is 2.31. The standard InChI is InChI=1S/C24H24N2O2/c27-24(28)21-9-6-16-26(17-21)23(22-10-4-5-15-25-22)20-13-11-19(12-14-20)18-7-2-1-3-8-18/h1-5,7-8,10-15,21,23H,6,9,16-17H2,(H,27,28). The van der Waals surface area contributed by atoms with Crippen molar-refractivity contribution in [2.24, 2.45) is 5.92 Å². The quantitative estimate of drug-likeness (QED) is 0.709. The summed E-state index contributed by atoms with van der Waals surface area (Å²) in [7, 11) is 0. The molecular weight excluding hydrogens is 348 g/mol. The Balaban J connectivity index is 1.67. The zero-order chi connectivity index (χ0) is 19.3. The van der Waals surface area contributed by atoms with Crippen molar-refractivity contribution >= 4 is 5.97 Å². The molecule has 2 aromatic carbocycles. The second-order valence-corrected chi connectivity index (χ2v) is 7.32. The van der Waals surface area contributed by atoms with Gasteiger partial charge in [0.05, 0.1) is 17.7 Å². The molecule has 0 radical (unpaired) electrons. The summed E-state index contributed by atoms with van der Waals surface area (Å²) in [5.74, 6) is -1.02. The topological polar surface area (TPSA) is 53.4 Å². The number of rotatable bonds is 5. The van der Waals surface area contributed by atoms with Crippen molar-refractivity contribution in [2.75, 3.05) is 13.1 Å². The Hall–Kier alpha value is -2.98. The minimum Gasteiger partial charge on any atom is -0.481 e. The van der Waals surface area contributed by atoms with Gasteiger partial charge < -0.3 is 5.11 Å². The Bertz CT molecular complexity index is 910. The van der Waals surface area contributed by atoms with E-state index in [-0.39, 0.29) is 12.0 Å². The molecule has 1 fully saturated rings. The van der Waals surface area contributed by atoms with Gasteiger partial charge in [0.25, 0.3) is 0 Å². The van der Waals surface area contributed by atoms with Gasteiger partial charge in [0.2, 0.25) is 0 Å². The third-order valence-electron chi connectivity index (χ3n) is 5.47. The number of carboxylic acids is 1. The summed E-state index contributed by atoms with van der Waals surface area (Å²) in [5, 5.41) is 9.50. The molecule has 0 spiro atoms. The smallest absolute Gasteiger partial charge is 0.307 e. The van der Waals surface area contributed by atoms with Gasteiger partial charge in [-0.05, 0) is 48.2 Å². The summed E-state index contributed by atoms with van der Waals surface area (Å²) < 4.78 is 0. The summed E-state index contributed by atoms with van der Waals surface area (Å²) in [5.41, 5.74) is 4.46. The molecule has 0 amide bonds. The maximum Gasteiger partial charge on any atom is 0.307 e. The van der Waals surface area contributed by atoms with Crippen LogP contribution in [0.25, 0.3) is 11.1 Å². The van der Waals surface area contributed by atoms with Crippen LogP contribution < -0.4 is 0 Å². The first-order valence-corrected chi connectivity index (χ1v) is 9.75. The third kappa shape index (κ3) is 3.97. The van der Waals surface area contributed by atoms with Gasteiger partial charge in [-0.25, -0.2) is 0 Å². The molecule has 0 saturated carbocycles. The number of piperidine rings is 1. The number of aliphatic carboxylic acids is 1. The van der Waals surface area contributed by atoms with E-state index >= 15 is 0 Å². The zero-order valence-electron chi connectivity index (χ0n) is 15.7. The highest BCUT2D eigenvalue weighted by molar-refractivity contribution is 5.70. The van der Waals surface area contributed by atoms with Crippen molar-refractivity contribution in [3.63, 3.8) is 0 Å². The number of benzene rings is 2. The second-order valence-electron chi connectivity index (χ2n) is 7.32. The Morgan fingerprint density at radius 3 is 2.36 bits per heavy atom. The average Bonchev–Trinajstić information content (AvgIpc) is 2.76. The summed E-state index contributed by atoms with van der Waals surface area (Å²) in [6.07, 6.45) is 3.44. The molecule has 3 aromatic rings. The van der Waals surface area contributed by atoms with Gasteiger partial charge in [0.15, 0.2) is 0 Å². The van der Waals surface area contributed by atoms with Gasteiger partial charge in [-0.3, -0.25) is 14.7 Å². The van der Waals surface area contributed by atoms with Gasteiger partial charge in [-0.2, -0.15) is 0 Å². The van der Waals surface area contributed by atoms with Crippen molar-refractivity contribution in [3.05, 3.63) is 90.3 Å². The molecule has 1 aliphatic rings. The molecule has 1 aliphatic heterocycles. The van der Waals surface area contributed by atoms with E-state index < -0.39 is 5.97 Å². The molecule has 142 valence electrons. The fraction of sp³-hybridized carbons (Fsp3) is 0.250. The van der Waals surface area contributed by atoms with E-state index in [0.717, 1.165) is 30.6 Å². The van der Waals surface area contributed by atoms with Crippen LogP contribution >= 0.6 is 0 Å². The summed E-state index contributed by atoms with van der Waals surface area (Å²) in [6.45, 7) is 1.43. The first kappa shape index (κ1) is 18.4. The lowest BCUT2D eigenvalue weighted by Crippen LogP contribution is -2.41. The van der Waals surface area contributed by atoms with Gasteiger partial charge in [-0.1, -0.05) is 60.7 Å². The number of carboxylic acid groups (broad SMARTS) is 1. The molecule has 4 nitrogen and oxygen atoms in total. The molecule has 28 heavy (non-hydrogen) atoms. The Morgan fingerprint density at radius 2 is 1.68 bits per heavy atom. The minimum atomic E-state index is -0.705. The molecule has 1 saturated heterocycles. The normalized spacial score (nSPS) is 18.5. The van der Waals surface area contributed by atoms with Crippen LogP contribution in [0, 0.1) is 5.92 Å². The van der Waals surface area contributed by atoms with Crippen molar-refractivity contribution in [2.45, 2.75) is 18.9 Å². The van der Waals surface area contributed by atoms with Crippen LogP contribution in [0.1, 0.15) is 30.1 Å².